The van der Waals surface area contributed by atoms with Crippen molar-refractivity contribution in [2.75, 3.05) is 18.4 Å². The molecule has 2 N–H and O–H groups in total. The van der Waals surface area contributed by atoms with Crippen molar-refractivity contribution in [2.45, 2.75) is 12.5 Å². The first-order valence-corrected chi connectivity index (χ1v) is 6.24. The van der Waals surface area contributed by atoms with Crippen molar-refractivity contribution in [1.29, 1.82) is 0 Å². The van der Waals surface area contributed by atoms with E-state index < -0.39 is 0 Å². The molecule has 0 aromatic carbocycles. The van der Waals surface area contributed by atoms with Gasteiger partial charge in [-0.3, -0.25) is 4.79 Å². The summed E-state index contributed by atoms with van der Waals surface area (Å²) in [6.07, 6.45) is 5.78. The average Bonchev–Trinajstić information content (AvgIpc) is 3.06. The minimum Gasteiger partial charge on any atom is -0.364 e. The third-order valence-corrected chi connectivity index (χ3v) is 3.29. The van der Waals surface area contributed by atoms with Crippen LogP contribution in [0.1, 0.15) is 6.42 Å². The number of aromatic amines is 1. The molecule has 98 valence electrons. The van der Waals surface area contributed by atoms with Crippen molar-refractivity contribution in [2.24, 2.45) is 0 Å². The Hall–Kier alpha value is -2.37. The van der Waals surface area contributed by atoms with Crippen LogP contribution >= 0.6 is 0 Å². The number of amides is 1. The molecule has 3 rings (SSSR count). The van der Waals surface area contributed by atoms with Crippen LogP contribution in [0, 0.1) is 0 Å². The number of likely N-dealkylation sites (tertiary alicyclic amines) is 1. The maximum absolute atomic E-state index is 11.5. The van der Waals surface area contributed by atoms with Gasteiger partial charge in [-0.2, -0.15) is 0 Å². The van der Waals surface area contributed by atoms with E-state index in [1.807, 2.05) is 12.3 Å². The van der Waals surface area contributed by atoms with E-state index in [1.54, 1.807) is 11.1 Å². The quantitative estimate of drug-likeness (QED) is 0.809. The zero-order valence-corrected chi connectivity index (χ0v) is 10.5. The molecular weight excluding hydrogens is 242 g/mol. The monoisotopic (exact) mass is 257 g/mol. The first kappa shape index (κ1) is 11.7. The number of carbonyl (C=O) groups is 1. The Morgan fingerprint density at radius 1 is 1.63 bits per heavy atom. The Labute approximate surface area is 110 Å². The first-order valence-electron chi connectivity index (χ1n) is 6.24. The van der Waals surface area contributed by atoms with Crippen LogP contribution in [0.4, 0.5) is 5.82 Å². The summed E-state index contributed by atoms with van der Waals surface area (Å²) in [4.78, 5) is 25.0. The van der Waals surface area contributed by atoms with Gasteiger partial charge in [-0.1, -0.05) is 6.58 Å². The number of rotatable bonds is 3. The summed E-state index contributed by atoms with van der Waals surface area (Å²) in [7, 11) is 0. The summed E-state index contributed by atoms with van der Waals surface area (Å²) < 4.78 is 0. The van der Waals surface area contributed by atoms with E-state index in [2.05, 4.69) is 26.8 Å². The fourth-order valence-corrected chi connectivity index (χ4v) is 2.32. The molecule has 0 saturated carbocycles. The van der Waals surface area contributed by atoms with Crippen LogP contribution in [-0.2, 0) is 4.79 Å². The minimum absolute atomic E-state index is 0.0172. The number of nitrogens with zero attached hydrogens (tertiary/aromatic N) is 3. The van der Waals surface area contributed by atoms with E-state index in [1.165, 1.54) is 6.08 Å². The number of H-pyrrole nitrogens is 1. The van der Waals surface area contributed by atoms with Gasteiger partial charge in [0.2, 0.25) is 5.91 Å². The topological polar surface area (TPSA) is 73.9 Å². The zero-order chi connectivity index (χ0) is 13.2. The lowest BCUT2D eigenvalue weighted by atomic mass is 10.2. The second-order valence-corrected chi connectivity index (χ2v) is 4.59. The van der Waals surface area contributed by atoms with E-state index in [0.29, 0.717) is 6.54 Å². The Bertz CT molecular complexity index is 620. The van der Waals surface area contributed by atoms with E-state index in [9.17, 15) is 4.79 Å². The van der Waals surface area contributed by atoms with Crippen molar-refractivity contribution in [3.8, 4) is 0 Å². The van der Waals surface area contributed by atoms with Crippen LogP contribution in [0.15, 0.2) is 31.1 Å². The lowest BCUT2D eigenvalue weighted by Crippen LogP contribution is -2.30. The van der Waals surface area contributed by atoms with Gasteiger partial charge in [-0.05, 0) is 18.6 Å². The lowest BCUT2D eigenvalue weighted by molar-refractivity contribution is -0.125. The second-order valence-electron chi connectivity index (χ2n) is 4.59. The molecule has 1 saturated heterocycles. The maximum Gasteiger partial charge on any atom is 0.246 e. The van der Waals surface area contributed by atoms with Crippen molar-refractivity contribution >= 4 is 22.9 Å². The fraction of sp³-hybridized carbons (Fsp3) is 0.308. The molecule has 6 heteroatoms. The lowest BCUT2D eigenvalue weighted by Gasteiger charge is -2.15. The number of carbonyl (C=O) groups excluding carboxylic acids is 1. The molecule has 1 atom stereocenters. The molecular formula is C13H15N5O. The van der Waals surface area contributed by atoms with Gasteiger partial charge in [0.25, 0.3) is 0 Å². The third-order valence-electron chi connectivity index (χ3n) is 3.29. The molecule has 0 spiro atoms. The molecule has 3 heterocycles. The second kappa shape index (κ2) is 4.72. The van der Waals surface area contributed by atoms with Crippen LogP contribution in [-0.4, -0.2) is 44.9 Å². The van der Waals surface area contributed by atoms with Crippen molar-refractivity contribution in [1.82, 2.24) is 19.9 Å². The van der Waals surface area contributed by atoms with Crippen LogP contribution < -0.4 is 5.32 Å². The van der Waals surface area contributed by atoms with E-state index in [0.717, 1.165) is 29.9 Å². The molecule has 2 aromatic heterocycles. The molecule has 0 aliphatic carbocycles. The fourth-order valence-electron chi connectivity index (χ4n) is 2.32. The molecule has 2 aromatic rings. The number of fused-ring (bicyclic) bond motifs is 1. The summed E-state index contributed by atoms with van der Waals surface area (Å²) in [5.41, 5.74) is 1.61. The molecule has 1 fully saturated rings. The normalized spacial score (nSPS) is 18.7. The molecule has 1 aliphatic heterocycles. The largest absolute Gasteiger partial charge is 0.364 e. The third kappa shape index (κ3) is 2.29. The number of hydrogen-bond acceptors (Lipinski definition) is 4. The van der Waals surface area contributed by atoms with Gasteiger partial charge in [0, 0.05) is 25.3 Å². The highest BCUT2D eigenvalue weighted by atomic mass is 16.2. The minimum atomic E-state index is -0.0172. The summed E-state index contributed by atoms with van der Waals surface area (Å²) in [6.45, 7) is 4.94. The standard InChI is InChI=1S/C13H15N5O/c1-2-12(19)18-6-4-9(8-18)16-11-7-15-13-10(17-11)3-5-14-13/h2-3,5,7,9H,1,4,6,8H2,(H,14,15)(H,16,17)/t9-/m0/s1. The molecule has 1 aliphatic rings. The van der Waals surface area contributed by atoms with Crippen molar-refractivity contribution in [3.63, 3.8) is 0 Å². The van der Waals surface area contributed by atoms with Gasteiger partial charge in [-0.25, -0.2) is 9.97 Å². The Balaban J connectivity index is 1.68. The zero-order valence-electron chi connectivity index (χ0n) is 10.5. The molecule has 0 radical (unpaired) electrons. The molecule has 6 nitrogen and oxygen atoms in total. The van der Waals surface area contributed by atoms with E-state index in [4.69, 9.17) is 0 Å². The summed E-state index contributed by atoms with van der Waals surface area (Å²) in [6, 6.07) is 2.10. The predicted octanol–water partition coefficient (Wildman–Crippen LogP) is 1.16. The summed E-state index contributed by atoms with van der Waals surface area (Å²) in [5, 5.41) is 3.32. The molecule has 19 heavy (non-hydrogen) atoms. The van der Waals surface area contributed by atoms with E-state index in [-0.39, 0.29) is 11.9 Å². The predicted molar refractivity (Wildman–Crippen MR) is 72.7 cm³/mol. The maximum atomic E-state index is 11.5. The molecule has 0 bridgehead atoms. The van der Waals surface area contributed by atoms with Crippen LogP contribution in [0.25, 0.3) is 11.2 Å². The summed E-state index contributed by atoms with van der Waals surface area (Å²) >= 11 is 0. The van der Waals surface area contributed by atoms with Crippen LogP contribution in [0.2, 0.25) is 0 Å². The SMILES string of the molecule is C=CC(=O)N1CC[C@H](Nc2cnc3[nH]ccc3n2)C1. The molecule has 0 unspecified atom stereocenters. The molecule has 1 amide bonds. The van der Waals surface area contributed by atoms with Gasteiger partial charge in [-0.15, -0.1) is 0 Å². The number of anilines is 1. The van der Waals surface area contributed by atoms with Gasteiger partial charge in [0.15, 0.2) is 5.65 Å². The van der Waals surface area contributed by atoms with Crippen molar-refractivity contribution < 1.29 is 4.79 Å². The smallest absolute Gasteiger partial charge is 0.246 e. The van der Waals surface area contributed by atoms with Gasteiger partial charge < -0.3 is 15.2 Å². The number of aromatic nitrogens is 3. The highest BCUT2D eigenvalue weighted by Crippen LogP contribution is 2.16. The van der Waals surface area contributed by atoms with E-state index >= 15 is 0 Å². The number of hydrogen-bond donors (Lipinski definition) is 2. The average molecular weight is 257 g/mol. The highest BCUT2D eigenvalue weighted by molar-refractivity contribution is 5.87. The van der Waals surface area contributed by atoms with Gasteiger partial charge in [0.05, 0.1) is 6.20 Å². The Morgan fingerprint density at radius 3 is 3.37 bits per heavy atom. The van der Waals surface area contributed by atoms with Gasteiger partial charge in [0.1, 0.15) is 11.3 Å². The number of nitrogens with one attached hydrogen (secondary N) is 2. The summed E-state index contributed by atoms with van der Waals surface area (Å²) in [5.74, 6) is 0.724. The van der Waals surface area contributed by atoms with Crippen LogP contribution in [0.5, 0.6) is 0 Å². The first-order chi connectivity index (χ1) is 9.26. The van der Waals surface area contributed by atoms with Crippen molar-refractivity contribution in [3.05, 3.63) is 31.1 Å². The van der Waals surface area contributed by atoms with Crippen LogP contribution in [0.3, 0.4) is 0 Å². The Kier molecular flexibility index (Phi) is 2.91. The highest BCUT2D eigenvalue weighted by Gasteiger charge is 2.24. The van der Waals surface area contributed by atoms with Gasteiger partial charge >= 0.3 is 0 Å². The Morgan fingerprint density at radius 2 is 2.53 bits per heavy atom.